The van der Waals surface area contributed by atoms with Crippen LogP contribution in [0.4, 0.5) is 8.78 Å². The number of alkyl halides is 2. The van der Waals surface area contributed by atoms with Crippen LogP contribution in [0.2, 0.25) is 0 Å². The monoisotopic (exact) mass is 377 g/mol. The van der Waals surface area contributed by atoms with Crippen molar-refractivity contribution in [2.75, 3.05) is 14.2 Å². The zero-order chi connectivity index (χ0) is 19.4. The highest BCUT2D eigenvalue weighted by Gasteiger charge is 2.28. The number of fused-ring (bicyclic) bond motifs is 1. The van der Waals surface area contributed by atoms with E-state index in [0.29, 0.717) is 34.6 Å². The molecule has 1 heterocycles. The molecule has 0 saturated carbocycles. The number of nitrogens with zero attached hydrogens (tertiary/aromatic N) is 1. The van der Waals surface area contributed by atoms with Crippen LogP contribution in [0.15, 0.2) is 47.6 Å². The van der Waals surface area contributed by atoms with Crippen molar-refractivity contribution in [3.63, 3.8) is 0 Å². The molecule has 0 N–H and O–H groups in total. The van der Waals surface area contributed by atoms with Gasteiger partial charge in [0.1, 0.15) is 24.7 Å². The van der Waals surface area contributed by atoms with Gasteiger partial charge in [0, 0.05) is 18.1 Å². The van der Waals surface area contributed by atoms with Gasteiger partial charge < -0.3 is 19.0 Å². The summed E-state index contributed by atoms with van der Waals surface area (Å²) in [4.78, 5) is 16.7. The minimum absolute atomic E-state index is 0.0236. The van der Waals surface area contributed by atoms with Gasteiger partial charge in [0.2, 0.25) is 0 Å². The van der Waals surface area contributed by atoms with Crippen LogP contribution < -0.4 is 9.47 Å². The Hall–Kier alpha value is -3.16. The van der Waals surface area contributed by atoms with Crippen molar-refractivity contribution in [3.8, 4) is 11.5 Å². The van der Waals surface area contributed by atoms with E-state index in [0.717, 1.165) is 0 Å². The SMILES string of the molecule is CON=C1CC(c2cccc(C(=O)OC)c2)Oc2cc(OC(F)F)ccc21. The highest BCUT2D eigenvalue weighted by atomic mass is 19.3. The molecule has 0 spiro atoms. The number of rotatable bonds is 5. The average Bonchev–Trinajstić information content (AvgIpc) is 2.66. The lowest BCUT2D eigenvalue weighted by Crippen LogP contribution is -2.21. The van der Waals surface area contributed by atoms with Crippen molar-refractivity contribution in [3.05, 3.63) is 59.2 Å². The van der Waals surface area contributed by atoms with Crippen molar-refractivity contribution in [2.45, 2.75) is 19.1 Å². The van der Waals surface area contributed by atoms with Crippen LogP contribution in [-0.2, 0) is 9.57 Å². The lowest BCUT2D eigenvalue weighted by molar-refractivity contribution is -0.0500. The van der Waals surface area contributed by atoms with Crippen molar-refractivity contribution >= 4 is 11.7 Å². The van der Waals surface area contributed by atoms with E-state index in [9.17, 15) is 13.6 Å². The van der Waals surface area contributed by atoms with Crippen LogP contribution in [0.5, 0.6) is 11.5 Å². The van der Waals surface area contributed by atoms with Crippen LogP contribution in [-0.4, -0.2) is 32.5 Å². The van der Waals surface area contributed by atoms with Crippen molar-refractivity contribution in [2.24, 2.45) is 5.16 Å². The Morgan fingerprint density at radius 2 is 2.04 bits per heavy atom. The number of hydrogen-bond donors (Lipinski definition) is 0. The molecule has 0 aliphatic carbocycles. The largest absolute Gasteiger partial charge is 0.484 e. The molecule has 1 atom stereocenters. The molecule has 2 aromatic rings. The normalized spacial score (nSPS) is 17.2. The van der Waals surface area contributed by atoms with E-state index < -0.39 is 18.7 Å². The first-order valence-corrected chi connectivity index (χ1v) is 8.06. The minimum atomic E-state index is -2.94. The summed E-state index contributed by atoms with van der Waals surface area (Å²) in [5, 5.41) is 4.02. The maximum absolute atomic E-state index is 12.5. The number of ether oxygens (including phenoxy) is 3. The van der Waals surface area contributed by atoms with E-state index in [-0.39, 0.29) is 5.75 Å². The lowest BCUT2D eigenvalue weighted by atomic mass is 9.94. The van der Waals surface area contributed by atoms with Crippen molar-refractivity contribution in [1.29, 1.82) is 0 Å². The fraction of sp³-hybridized carbons (Fsp3) is 0.263. The van der Waals surface area contributed by atoms with Gasteiger partial charge in [-0.05, 0) is 29.8 Å². The molecule has 0 saturated heterocycles. The molecule has 1 aliphatic rings. The topological polar surface area (TPSA) is 66.4 Å². The number of esters is 1. The molecule has 0 amide bonds. The van der Waals surface area contributed by atoms with E-state index in [4.69, 9.17) is 14.3 Å². The molecule has 1 unspecified atom stereocenters. The first kappa shape index (κ1) is 18.6. The molecule has 8 heteroatoms. The Morgan fingerprint density at radius 3 is 2.74 bits per heavy atom. The highest BCUT2D eigenvalue weighted by molar-refractivity contribution is 6.04. The molecule has 2 aromatic carbocycles. The van der Waals surface area contributed by atoms with Crippen molar-refractivity contribution < 1.29 is 32.6 Å². The standard InChI is InChI=1S/C19H17F2NO5/c1-24-18(23)12-5-3-4-11(8-12)16-10-15(22-25-2)14-7-6-13(26-19(20)21)9-17(14)27-16/h3-9,16,19H,10H2,1-2H3. The van der Waals surface area contributed by atoms with E-state index in [2.05, 4.69) is 9.89 Å². The maximum Gasteiger partial charge on any atom is 0.387 e. The molecule has 0 radical (unpaired) electrons. The van der Waals surface area contributed by atoms with Gasteiger partial charge in [-0.2, -0.15) is 8.78 Å². The lowest BCUT2D eigenvalue weighted by Gasteiger charge is -2.27. The Morgan fingerprint density at radius 1 is 1.22 bits per heavy atom. The maximum atomic E-state index is 12.5. The number of methoxy groups -OCH3 is 1. The molecule has 0 bridgehead atoms. The van der Waals surface area contributed by atoms with E-state index in [1.54, 1.807) is 30.3 Å². The molecule has 3 rings (SSSR count). The average molecular weight is 377 g/mol. The van der Waals surface area contributed by atoms with E-state index >= 15 is 0 Å². The van der Waals surface area contributed by atoms with Crippen LogP contribution in [0.3, 0.4) is 0 Å². The zero-order valence-corrected chi connectivity index (χ0v) is 14.6. The summed E-state index contributed by atoms with van der Waals surface area (Å²) in [6.45, 7) is -2.94. The summed E-state index contributed by atoms with van der Waals surface area (Å²) in [6, 6.07) is 11.2. The fourth-order valence-electron chi connectivity index (χ4n) is 2.86. The predicted octanol–water partition coefficient (Wildman–Crippen LogP) is 3.95. The van der Waals surface area contributed by atoms with Gasteiger partial charge in [0.25, 0.3) is 0 Å². The van der Waals surface area contributed by atoms with Gasteiger partial charge in [-0.1, -0.05) is 17.3 Å². The van der Waals surface area contributed by atoms with Crippen LogP contribution in [0.25, 0.3) is 0 Å². The van der Waals surface area contributed by atoms with Gasteiger partial charge in [0.15, 0.2) is 0 Å². The van der Waals surface area contributed by atoms with Gasteiger partial charge in [-0.15, -0.1) is 0 Å². The minimum Gasteiger partial charge on any atom is -0.484 e. The summed E-state index contributed by atoms with van der Waals surface area (Å²) in [7, 11) is 2.72. The predicted molar refractivity (Wildman–Crippen MR) is 92.4 cm³/mol. The molecule has 6 nitrogen and oxygen atoms in total. The first-order valence-electron chi connectivity index (χ1n) is 8.06. The summed E-state index contributed by atoms with van der Waals surface area (Å²) < 4.78 is 40.1. The summed E-state index contributed by atoms with van der Waals surface area (Å²) in [6.07, 6.45) is -0.113. The molecule has 142 valence electrons. The summed E-state index contributed by atoms with van der Waals surface area (Å²) in [5.41, 5.74) is 2.31. The third kappa shape index (κ3) is 4.16. The smallest absolute Gasteiger partial charge is 0.387 e. The molecule has 1 aliphatic heterocycles. The number of oxime groups is 1. The Balaban J connectivity index is 1.96. The zero-order valence-electron chi connectivity index (χ0n) is 14.6. The summed E-state index contributed by atoms with van der Waals surface area (Å²) in [5.74, 6) is -0.153. The van der Waals surface area contributed by atoms with E-state index in [1.807, 2.05) is 0 Å². The van der Waals surface area contributed by atoms with Crippen LogP contribution in [0, 0.1) is 0 Å². The molecule has 0 aromatic heterocycles. The number of carbonyl (C=O) groups excluding carboxylic acids is 1. The second kappa shape index (κ2) is 8.03. The quantitative estimate of drug-likeness (QED) is 0.583. The molecular formula is C19H17F2NO5. The number of hydrogen-bond acceptors (Lipinski definition) is 6. The van der Waals surface area contributed by atoms with Crippen LogP contribution >= 0.6 is 0 Å². The fourth-order valence-corrected chi connectivity index (χ4v) is 2.86. The molecular weight excluding hydrogens is 360 g/mol. The van der Waals surface area contributed by atoms with Crippen molar-refractivity contribution in [1.82, 2.24) is 0 Å². The Kier molecular flexibility index (Phi) is 5.54. The first-order chi connectivity index (χ1) is 13.0. The second-order valence-corrected chi connectivity index (χ2v) is 5.68. The Labute approximate surface area is 154 Å². The van der Waals surface area contributed by atoms with Gasteiger partial charge in [-0.25, -0.2) is 4.79 Å². The van der Waals surface area contributed by atoms with Gasteiger partial charge >= 0.3 is 12.6 Å². The number of carbonyl (C=O) groups is 1. The van der Waals surface area contributed by atoms with E-state index in [1.165, 1.54) is 26.4 Å². The second-order valence-electron chi connectivity index (χ2n) is 5.68. The van der Waals surface area contributed by atoms with Gasteiger partial charge in [0.05, 0.1) is 18.4 Å². The van der Waals surface area contributed by atoms with Crippen LogP contribution in [0.1, 0.15) is 34.0 Å². The Bertz CT molecular complexity index is 869. The number of benzene rings is 2. The van der Waals surface area contributed by atoms with Gasteiger partial charge in [-0.3, -0.25) is 0 Å². The highest BCUT2D eigenvalue weighted by Crippen LogP contribution is 2.38. The number of halogens is 2. The summed E-state index contributed by atoms with van der Waals surface area (Å²) >= 11 is 0. The molecule has 0 fully saturated rings. The third-order valence-corrected chi connectivity index (χ3v) is 4.02. The third-order valence-electron chi connectivity index (χ3n) is 4.02. The molecule has 27 heavy (non-hydrogen) atoms.